The van der Waals surface area contributed by atoms with E-state index < -0.39 is 24.3 Å². The smallest absolute Gasteiger partial charge is 0.331 e. The van der Waals surface area contributed by atoms with E-state index in [1.54, 1.807) is 31.2 Å². The molecule has 142 valence electrons. The first-order valence-electron chi connectivity index (χ1n) is 8.06. The van der Waals surface area contributed by atoms with Gasteiger partial charge < -0.3 is 19.5 Å². The molecule has 0 saturated carbocycles. The van der Waals surface area contributed by atoms with Gasteiger partial charge in [-0.25, -0.2) is 9.18 Å². The van der Waals surface area contributed by atoms with Gasteiger partial charge in [-0.1, -0.05) is 6.07 Å². The van der Waals surface area contributed by atoms with Crippen molar-refractivity contribution < 1.29 is 28.2 Å². The van der Waals surface area contributed by atoms with Gasteiger partial charge in [0.25, 0.3) is 5.91 Å². The molecule has 1 N–H and O–H groups in total. The van der Waals surface area contributed by atoms with Crippen LogP contribution in [0.2, 0.25) is 0 Å². The Kier molecular flexibility index (Phi) is 6.93. The van der Waals surface area contributed by atoms with Crippen molar-refractivity contribution in [3.05, 3.63) is 59.4 Å². The molecule has 0 unspecified atom stereocenters. The lowest BCUT2D eigenvalue weighted by Gasteiger charge is -2.08. The zero-order valence-corrected chi connectivity index (χ0v) is 15.2. The van der Waals surface area contributed by atoms with E-state index in [-0.39, 0.29) is 0 Å². The molecule has 0 aromatic heterocycles. The molecule has 2 aromatic rings. The molecule has 0 radical (unpaired) electrons. The van der Waals surface area contributed by atoms with Crippen LogP contribution in [0.4, 0.5) is 10.1 Å². The van der Waals surface area contributed by atoms with Crippen molar-refractivity contribution in [2.24, 2.45) is 0 Å². The van der Waals surface area contributed by atoms with Gasteiger partial charge in [-0.3, -0.25) is 4.79 Å². The van der Waals surface area contributed by atoms with Gasteiger partial charge in [0, 0.05) is 23.4 Å². The Hall–Kier alpha value is -3.35. The summed E-state index contributed by atoms with van der Waals surface area (Å²) in [6.45, 7) is 1.24. The highest BCUT2D eigenvalue weighted by Crippen LogP contribution is 2.25. The van der Waals surface area contributed by atoms with Gasteiger partial charge in [0.2, 0.25) is 0 Å². The number of aryl methyl sites for hydroxylation is 1. The highest BCUT2D eigenvalue weighted by molar-refractivity contribution is 5.95. The van der Waals surface area contributed by atoms with Crippen LogP contribution in [-0.4, -0.2) is 32.7 Å². The predicted octanol–water partition coefficient (Wildman–Crippen LogP) is 3.35. The van der Waals surface area contributed by atoms with Gasteiger partial charge in [0.1, 0.15) is 17.3 Å². The average Bonchev–Trinajstić information content (AvgIpc) is 2.67. The number of carbonyl (C=O) groups is 2. The highest BCUT2D eigenvalue weighted by atomic mass is 19.1. The van der Waals surface area contributed by atoms with Crippen molar-refractivity contribution in [3.8, 4) is 11.5 Å². The number of methoxy groups -OCH3 is 2. The number of carbonyl (C=O) groups excluding carboxylic acids is 2. The van der Waals surface area contributed by atoms with E-state index in [9.17, 15) is 14.0 Å². The van der Waals surface area contributed by atoms with Gasteiger partial charge in [0.15, 0.2) is 6.61 Å². The molecular formula is C20H20FNO5. The summed E-state index contributed by atoms with van der Waals surface area (Å²) in [5.74, 6) is -0.579. The Labute approximate surface area is 156 Å². The molecule has 0 aliphatic carbocycles. The maximum absolute atomic E-state index is 13.2. The Morgan fingerprint density at radius 1 is 1.11 bits per heavy atom. The lowest BCUT2D eigenvalue weighted by Crippen LogP contribution is -2.20. The summed E-state index contributed by atoms with van der Waals surface area (Å²) in [7, 11) is 3.04. The number of hydrogen-bond donors (Lipinski definition) is 1. The van der Waals surface area contributed by atoms with Crippen molar-refractivity contribution >= 4 is 23.6 Å². The van der Waals surface area contributed by atoms with Crippen LogP contribution >= 0.6 is 0 Å². The van der Waals surface area contributed by atoms with E-state index in [2.05, 4.69) is 5.32 Å². The summed E-state index contributed by atoms with van der Waals surface area (Å²) in [5.41, 5.74) is 1.67. The van der Waals surface area contributed by atoms with Gasteiger partial charge in [-0.05, 0) is 42.8 Å². The van der Waals surface area contributed by atoms with Crippen molar-refractivity contribution in [2.45, 2.75) is 6.92 Å². The van der Waals surface area contributed by atoms with Gasteiger partial charge in [-0.15, -0.1) is 0 Å². The summed E-state index contributed by atoms with van der Waals surface area (Å²) >= 11 is 0. The molecule has 2 rings (SSSR count). The molecule has 6 nitrogen and oxygen atoms in total. The van der Waals surface area contributed by atoms with Gasteiger partial charge in [0.05, 0.1) is 14.2 Å². The van der Waals surface area contributed by atoms with Gasteiger partial charge >= 0.3 is 5.97 Å². The molecule has 0 bridgehead atoms. The minimum atomic E-state index is -0.695. The van der Waals surface area contributed by atoms with Crippen LogP contribution in [0.25, 0.3) is 6.08 Å². The molecule has 0 fully saturated rings. The Morgan fingerprint density at radius 2 is 1.89 bits per heavy atom. The van der Waals surface area contributed by atoms with E-state index in [1.165, 1.54) is 38.5 Å². The number of ether oxygens (including phenoxy) is 3. The van der Waals surface area contributed by atoms with Gasteiger partial charge in [-0.2, -0.15) is 0 Å². The van der Waals surface area contributed by atoms with E-state index in [4.69, 9.17) is 14.2 Å². The zero-order chi connectivity index (χ0) is 19.8. The van der Waals surface area contributed by atoms with E-state index >= 15 is 0 Å². The summed E-state index contributed by atoms with van der Waals surface area (Å²) in [6, 6.07) is 9.17. The topological polar surface area (TPSA) is 73.9 Å². The van der Waals surface area contributed by atoms with Crippen LogP contribution in [0.5, 0.6) is 11.5 Å². The normalized spacial score (nSPS) is 10.5. The lowest BCUT2D eigenvalue weighted by atomic mass is 10.2. The Morgan fingerprint density at radius 3 is 2.59 bits per heavy atom. The molecular weight excluding hydrogens is 353 g/mol. The number of halogens is 1. The second-order valence-corrected chi connectivity index (χ2v) is 5.56. The lowest BCUT2D eigenvalue weighted by molar-refractivity contribution is -0.142. The van der Waals surface area contributed by atoms with Crippen LogP contribution < -0.4 is 14.8 Å². The molecule has 27 heavy (non-hydrogen) atoms. The maximum Gasteiger partial charge on any atom is 0.331 e. The minimum Gasteiger partial charge on any atom is -0.497 e. The molecule has 0 atom stereocenters. The predicted molar refractivity (Wildman–Crippen MR) is 99.3 cm³/mol. The molecule has 7 heteroatoms. The van der Waals surface area contributed by atoms with Crippen molar-refractivity contribution in [1.29, 1.82) is 0 Å². The van der Waals surface area contributed by atoms with E-state index in [1.807, 2.05) is 0 Å². The molecule has 0 saturated heterocycles. The molecule has 1 amide bonds. The quantitative estimate of drug-likeness (QED) is 0.595. The largest absolute Gasteiger partial charge is 0.497 e. The number of amides is 1. The third-order valence-electron chi connectivity index (χ3n) is 3.66. The fraction of sp³-hybridized carbons (Fsp3) is 0.200. The average molecular weight is 373 g/mol. The SMILES string of the molecule is COc1ccc(/C=C/C(=O)OCC(=O)Nc2cc(F)ccc2C)c(OC)c1. The molecule has 0 aliphatic rings. The molecule has 2 aromatic carbocycles. The number of nitrogens with one attached hydrogen (secondary N) is 1. The number of esters is 1. The van der Waals surface area contributed by atoms with Crippen molar-refractivity contribution in [1.82, 2.24) is 0 Å². The Balaban J connectivity index is 1.91. The second kappa shape index (κ2) is 9.38. The van der Waals surface area contributed by atoms with Crippen LogP contribution in [-0.2, 0) is 14.3 Å². The van der Waals surface area contributed by atoms with Crippen LogP contribution in [0.3, 0.4) is 0 Å². The monoisotopic (exact) mass is 373 g/mol. The maximum atomic E-state index is 13.2. The van der Waals surface area contributed by atoms with E-state index in [0.29, 0.717) is 28.3 Å². The first-order chi connectivity index (χ1) is 12.9. The Bertz CT molecular complexity index is 863. The highest BCUT2D eigenvalue weighted by Gasteiger charge is 2.09. The number of anilines is 1. The third-order valence-corrected chi connectivity index (χ3v) is 3.66. The molecule has 0 spiro atoms. The van der Waals surface area contributed by atoms with Crippen LogP contribution in [0, 0.1) is 12.7 Å². The van der Waals surface area contributed by atoms with Crippen molar-refractivity contribution in [3.63, 3.8) is 0 Å². The standard InChI is InChI=1S/C20H20FNO5/c1-13-4-7-15(21)10-17(13)22-19(23)12-27-20(24)9-6-14-5-8-16(25-2)11-18(14)26-3/h4-11H,12H2,1-3H3,(H,22,23)/b9-6+. The summed E-state index contributed by atoms with van der Waals surface area (Å²) in [5, 5.41) is 2.50. The number of benzene rings is 2. The third kappa shape index (κ3) is 5.85. The van der Waals surface area contributed by atoms with Crippen LogP contribution in [0.15, 0.2) is 42.5 Å². The fourth-order valence-electron chi connectivity index (χ4n) is 2.21. The first-order valence-corrected chi connectivity index (χ1v) is 8.06. The van der Waals surface area contributed by atoms with Crippen molar-refractivity contribution in [2.75, 3.05) is 26.1 Å². The second-order valence-electron chi connectivity index (χ2n) is 5.56. The molecule has 0 heterocycles. The van der Waals surface area contributed by atoms with E-state index in [0.717, 1.165) is 0 Å². The summed E-state index contributed by atoms with van der Waals surface area (Å²) < 4.78 is 28.4. The summed E-state index contributed by atoms with van der Waals surface area (Å²) in [4.78, 5) is 23.7. The zero-order valence-electron chi connectivity index (χ0n) is 15.2. The minimum absolute atomic E-state index is 0.328. The fourth-order valence-corrected chi connectivity index (χ4v) is 2.21. The number of rotatable bonds is 7. The van der Waals surface area contributed by atoms with Crippen LogP contribution in [0.1, 0.15) is 11.1 Å². The molecule has 0 aliphatic heterocycles. The first kappa shape index (κ1) is 20.0. The summed E-state index contributed by atoms with van der Waals surface area (Å²) in [6.07, 6.45) is 2.69. The number of hydrogen-bond acceptors (Lipinski definition) is 5.